The van der Waals surface area contributed by atoms with Crippen molar-refractivity contribution in [2.45, 2.75) is 18.1 Å². The Bertz CT molecular complexity index is 909. The van der Waals surface area contributed by atoms with Crippen LogP contribution in [0.1, 0.15) is 23.5 Å². The van der Waals surface area contributed by atoms with Gasteiger partial charge in [0.2, 0.25) is 0 Å². The average molecular weight is 411 g/mol. The highest BCUT2D eigenvalue weighted by molar-refractivity contribution is 5.79. The van der Waals surface area contributed by atoms with E-state index in [2.05, 4.69) is 24.3 Å². The van der Waals surface area contributed by atoms with Crippen molar-refractivity contribution in [3.63, 3.8) is 0 Å². The Hall–Kier alpha value is -2.90. The highest BCUT2D eigenvalue weighted by Crippen LogP contribution is 2.44. The summed E-state index contributed by atoms with van der Waals surface area (Å²) < 4.78 is 16.5. The van der Waals surface area contributed by atoms with Crippen LogP contribution in [0.25, 0.3) is 11.1 Å². The molecular weight excluding hydrogens is 386 g/mol. The van der Waals surface area contributed by atoms with Gasteiger partial charge in [-0.2, -0.15) is 0 Å². The summed E-state index contributed by atoms with van der Waals surface area (Å²) in [5.74, 6) is -3.01. The predicted molar refractivity (Wildman–Crippen MR) is 109 cm³/mol. The number of carbonyl (C=O) groups is 2. The van der Waals surface area contributed by atoms with Gasteiger partial charge in [0.15, 0.2) is 5.79 Å². The summed E-state index contributed by atoms with van der Waals surface area (Å²) in [5.41, 5.74) is 4.54. The first-order chi connectivity index (χ1) is 14.5. The van der Waals surface area contributed by atoms with E-state index in [1.54, 1.807) is 0 Å². The smallest absolute Gasteiger partial charge is 0.409 e. The van der Waals surface area contributed by atoms with E-state index < -0.39 is 23.8 Å². The van der Waals surface area contributed by atoms with Gasteiger partial charge in [-0.3, -0.25) is 4.79 Å². The molecule has 0 spiro atoms. The van der Waals surface area contributed by atoms with Crippen LogP contribution >= 0.6 is 0 Å². The number of nitrogens with zero attached hydrogens (tertiary/aromatic N) is 1. The molecule has 0 saturated carbocycles. The second-order valence-electron chi connectivity index (χ2n) is 7.74. The average Bonchev–Trinajstić information content (AvgIpc) is 3.10. The van der Waals surface area contributed by atoms with Crippen molar-refractivity contribution in [1.29, 1.82) is 0 Å². The number of fused-ring (bicyclic) bond motifs is 3. The monoisotopic (exact) mass is 411 g/mol. The van der Waals surface area contributed by atoms with Gasteiger partial charge >= 0.3 is 12.1 Å². The van der Waals surface area contributed by atoms with Crippen LogP contribution in [0.5, 0.6) is 0 Å². The minimum Gasteiger partial charge on any atom is -0.481 e. The number of ether oxygens (including phenoxy) is 3. The summed E-state index contributed by atoms with van der Waals surface area (Å²) in [4.78, 5) is 25.8. The summed E-state index contributed by atoms with van der Waals surface area (Å²) in [6.45, 7) is 0.342. The Labute approximate surface area is 175 Å². The molecule has 1 aliphatic carbocycles. The number of hydrogen-bond acceptors (Lipinski definition) is 5. The molecule has 7 heteroatoms. The maximum absolute atomic E-state index is 12.9. The van der Waals surface area contributed by atoms with Gasteiger partial charge in [0.05, 0.1) is 12.5 Å². The minimum atomic E-state index is -1.16. The summed E-state index contributed by atoms with van der Waals surface area (Å²) in [6, 6.07) is 16.2. The van der Waals surface area contributed by atoms with Gasteiger partial charge in [-0.1, -0.05) is 48.5 Å². The molecule has 30 heavy (non-hydrogen) atoms. The maximum Gasteiger partial charge on any atom is 0.409 e. The summed E-state index contributed by atoms with van der Waals surface area (Å²) in [6.07, 6.45) is -0.399. The van der Waals surface area contributed by atoms with Gasteiger partial charge in [0.25, 0.3) is 0 Å². The van der Waals surface area contributed by atoms with Crippen LogP contribution in [-0.4, -0.2) is 61.8 Å². The van der Waals surface area contributed by atoms with Crippen molar-refractivity contribution >= 4 is 12.1 Å². The SMILES string of the molecule is COC1(OC)CC(C(=O)O)CN(C(=O)OCC2c3ccccc3-c3ccccc32)C1. The van der Waals surface area contributed by atoms with Crippen LogP contribution in [0.2, 0.25) is 0 Å². The Kier molecular flexibility index (Phi) is 5.49. The van der Waals surface area contributed by atoms with Crippen molar-refractivity contribution in [3.05, 3.63) is 59.7 Å². The van der Waals surface area contributed by atoms with Gasteiger partial charge in [0.1, 0.15) is 6.61 Å². The van der Waals surface area contributed by atoms with Crippen molar-refractivity contribution in [3.8, 4) is 11.1 Å². The van der Waals surface area contributed by atoms with Crippen molar-refractivity contribution in [2.24, 2.45) is 5.92 Å². The Balaban J connectivity index is 1.51. The van der Waals surface area contributed by atoms with Crippen molar-refractivity contribution in [2.75, 3.05) is 33.9 Å². The quantitative estimate of drug-likeness (QED) is 0.760. The molecule has 0 bridgehead atoms. The third-order valence-electron chi connectivity index (χ3n) is 6.12. The second kappa shape index (κ2) is 8.08. The Morgan fingerprint density at radius 2 is 1.60 bits per heavy atom. The van der Waals surface area contributed by atoms with Crippen LogP contribution < -0.4 is 0 Å². The van der Waals surface area contributed by atoms with Gasteiger partial charge < -0.3 is 24.2 Å². The maximum atomic E-state index is 12.9. The third kappa shape index (κ3) is 3.55. The number of carboxylic acid groups (broad SMARTS) is 1. The number of hydrogen-bond donors (Lipinski definition) is 1. The van der Waals surface area contributed by atoms with E-state index in [1.165, 1.54) is 19.1 Å². The van der Waals surface area contributed by atoms with Gasteiger partial charge in [-0.25, -0.2) is 4.79 Å². The molecule has 1 heterocycles. The molecule has 7 nitrogen and oxygen atoms in total. The lowest BCUT2D eigenvalue weighted by molar-refractivity contribution is -0.238. The molecule has 1 aliphatic heterocycles. The number of methoxy groups -OCH3 is 2. The van der Waals surface area contributed by atoms with E-state index in [4.69, 9.17) is 14.2 Å². The first-order valence-corrected chi connectivity index (χ1v) is 9.91. The normalized spacial score (nSPS) is 19.8. The molecule has 1 fully saturated rings. The Morgan fingerprint density at radius 1 is 1.03 bits per heavy atom. The fourth-order valence-corrected chi connectivity index (χ4v) is 4.49. The molecule has 2 aromatic rings. The van der Waals surface area contributed by atoms with Crippen LogP contribution in [0.15, 0.2) is 48.5 Å². The lowest BCUT2D eigenvalue weighted by Crippen LogP contribution is -2.57. The number of rotatable bonds is 5. The van der Waals surface area contributed by atoms with Gasteiger partial charge in [0, 0.05) is 33.1 Å². The molecule has 0 aromatic heterocycles. The molecule has 1 saturated heterocycles. The molecule has 1 atom stereocenters. The molecule has 1 N–H and O–H groups in total. The number of aliphatic carboxylic acids is 1. The first kappa shape index (κ1) is 20.4. The zero-order valence-electron chi connectivity index (χ0n) is 17.0. The lowest BCUT2D eigenvalue weighted by atomic mass is 9.93. The minimum absolute atomic E-state index is 0.0560. The molecule has 0 radical (unpaired) electrons. The van der Waals surface area contributed by atoms with Crippen LogP contribution in [-0.2, 0) is 19.0 Å². The molecule has 1 amide bonds. The van der Waals surface area contributed by atoms with E-state index >= 15 is 0 Å². The van der Waals surface area contributed by atoms with Gasteiger partial charge in [-0.05, 0) is 22.3 Å². The van der Waals surface area contributed by atoms with E-state index in [9.17, 15) is 14.7 Å². The lowest BCUT2D eigenvalue weighted by Gasteiger charge is -2.42. The largest absolute Gasteiger partial charge is 0.481 e. The fraction of sp³-hybridized carbons (Fsp3) is 0.391. The van der Waals surface area contributed by atoms with E-state index in [-0.39, 0.29) is 32.0 Å². The first-order valence-electron chi connectivity index (χ1n) is 9.91. The van der Waals surface area contributed by atoms with E-state index in [0.717, 1.165) is 22.3 Å². The highest BCUT2D eigenvalue weighted by atomic mass is 16.7. The topological polar surface area (TPSA) is 85.3 Å². The second-order valence-corrected chi connectivity index (χ2v) is 7.74. The zero-order chi connectivity index (χ0) is 21.3. The van der Waals surface area contributed by atoms with E-state index in [1.807, 2.05) is 24.3 Å². The predicted octanol–water partition coefficient (Wildman–Crippen LogP) is 3.33. The van der Waals surface area contributed by atoms with Gasteiger partial charge in [-0.15, -0.1) is 0 Å². The molecule has 2 aliphatic rings. The van der Waals surface area contributed by atoms with E-state index in [0.29, 0.717) is 0 Å². The molecule has 2 aromatic carbocycles. The molecule has 1 unspecified atom stereocenters. The standard InChI is InChI=1S/C23H25NO6/c1-28-23(29-2)11-15(21(25)26)12-24(14-23)22(27)30-13-20-18-9-5-3-7-16(18)17-8-4-6-10-19(17)20/h3-10,15,20H,11-14H2,1-2H3,(H,25,26). The number of carboxylic acids is 1. The fourth-order valence-electron chi connectivity index (χ4n) is 4.49. The number of piperidine rings is 1. The number of amides is 1. The van der Waals surface area contributed by atoms with Crippen LogP contribution in [0, 0.1) is 5.92 Å². The number of likely N-dealkylation sites (tertiary alicyclic amines) is 1. The van der Waals surface area contributed by atoms with Crippen LogP contribution in [0.4, 0.5) is 4.79 Å². The highest BCUT2D eigenvalue weighted by Gasteiger charge is 2.45. The van der Waals surface area contributed by atoms with Crippen molar-refractivity contribution in [1.82, 2.24) is 4.90 Å². The van der Waals surface area contributed by atoms with Crippen LogP contribution in [0.3, 0.4) is 0 Å². The summed E-state index contributed by atoms with van der Waals surface area (Å²) >= 11 is 0. The number of carbonyl (C=O) groups excluding carboxylic acids is 1. The molecular formula is C23H25NO6. The molecule has 4 rings (SSSR count). The molecule has 158 valence electrons. The summed E-state index contributed by atoms with van der Waals surface area (Å²) in [5, 5.41) is 9.49. The van der Waals surface area contributed by atoms with Crippen molar-refractivity contribution < 1.29 is 28.9 Å². The summed E-state index contributed by atoms with van der Waals surface area (Å²) in [7, 11) is 2.90. The number of benzene rings is 2. The zero-order valence-corrected chi connectivity index (χ0v) is 17.0. The Morgan fingerprint density at radius 3 is 2.13 bits per heavy atom. The third-order valence-corrected chi connectivity index (χ3v) is 6.12.